The number of H-pyrrole nitrogens is 1. The molecule has 1 fully saturated rings. The van der Waals surface area contributed by atoms with Gasteiger partial charge in [-0.3, -0.25) is 0 Å². The van der Waals surface area contributed by atoms with Crippen LogP contribution in [0.25, 0.3) is 11.0 Å². The molecule has 4 nitrogen and oxygen atoms in total. The average molecular weight is 217 g/mol. The molecule has 1 aliphatic rings. The quantitative estimate of drug-likeness (QED) is 0.821. The lowest BCUT2D eigenvalue weighted by Gasteiger charge is -1.98. The van der Waals surface area contributed by atoms with Gasteiger partial charge in [-0.15, -0.1) is 0 Å². The highest BCUT2D eigenvalue weighted by molar-refractivity contribution is 5.81. The first kappa shape index (κ1) is 9.66. The Kier molecular flexibility index (Phi) is 2.29. The van der Waals surface area contributed by atoms with Crippen LogP contribution >= 0.6 is 0 Å². The van der Waals surface area contributed by atoms with E-state index in [-0.39, 0.29) is 0 Å². The molecule has 0 atom stereocenters. The molecule has 3 rings (SSSR count). The second kappa shape index (κ2) is 3.79. The van der Waals surface area contributed by atoms with Crippen molar-refractivity contribution in [3.8, 4) is 5.75 Å². The van der Waals surface area contributed by atoms with Gasteiger partial charge in [-0.25, -0.2) is 4.98 Å². The van der Waals surface area contributed by atoms with Crippen LogP contribution in [-0.2, 0) is 6.54 Å². The molecule has 0 bridgehead atoms. The molecule has 0 amide bonds. The van der Waals surface area contributed by atoms with Crippen LogP contribution in [0.4, 0.5) is 0 Å². The zero-order valence-corrected chi connectivity index (χ0v) is 9.29. The van der Waals surface area contributed by atoms with Gasteiger partial charge >= 0.3 is 0 Å². The maximum absolute atomic E-state index is 5.28. The number of imidazole rings is 1. The van der Waals surface area contributed by atoms with E-state index in [0.717, 1.165) is 29.2 Å². The summed E-state index contributed by atoms with van der Waals surface area (Å²) in [5.41, 5.74) is 1.95. The summed E-state index contributed by atoms with van der Waals surface area (Å²) in [6.45, 7) is 0.808. The van der Waals surface area contributed by atoms with Crippen LogP contribution in [0.2, 0.25) is 0 Å². The first-order valence-electron chi connectivity index (χ1n) is 5.62. The fraction of sp³-hybridized carbons (Fsp3) is 0.417. The number of para-hydroxylation sites is 1. The van der Waals surface area contributed by atoms with Crippen LogP contribution in [0, 0.1) is 0 Å². The highest BCUT2D eigenvalue weighted by Gasteiger charge is 2.20. The number of hydrogen-bond acceptors (Lipinski definition) is 3. The molecule has 1 aromatic heterocycles. The van der Waals surface area contributed by atoms with Crippen molar-refractivity contribution in [3.63, 3.8) is 0 Å². The summed E-state index contributed by atoms with van der Waals surface area (Å²) in [6, 6.07) is 6.62. The highest BCUT2D eigenvalue weighted by Crippen LogP contribution is 2.23. The molecule has 0 radical (unpaired) electrons. The number of aromatic amines is 1. The van der Waals surface area contributed by atoms with Gasteiger partial charge in [-0.1, -0.05) is 6.07 Å². The molecule has 0 spiro atoms. The van der Waals surface area contributed by atoms with Gasteiger partial charge in [0.1, 0.15) is 17.1 Å². The molecule has 0 aliphatic heterocycles. The van der Waals surface area contributed by atoms with Gasteiger partial charge in [0.05, 0.1) is 19.2 Å². The van der Waals surface area contributed by atoms with Gasteiger partial charge in [0.15, 0.2) is 0 Å². The predicted octanol–water partition coefficient (Wildman–Crippen LogP) is 1.82. The number of ether oxygens (including phenoxy) is 1. The summed E-state index contributed by atoms with van der Waals surface area (Å²) in [4.78, 5) is 7.84. The van der Waals surface area contributed by atoms with Crippen molar-refractivity contribution in [2.45, 2.75) is 25.4 Å². The zero-order valence-electron chi connectivity index (χ0n) is 9.29. The minimum atomic E-state index is 0.704. The Morgan fingerprint density at radius 3 is 3.12 bits per heavy atom. The molecule has 0 saturated heterocycles. The van der Waals surface area contributed by atoms with E-state index in [1.165, 1.54) is 12.8 Å². The third kappa shape index (κ3) is 1.76. The fourth-order valence-corrected chi connectivity index (χ4v) is 1.83. The summed E-state index contributed by atoms with van der Waals surface area (Å²) >= 11 is 0. The smallest absolute Gasteiger partial charge is 0.146 e. The van der Waals surface area contributed by atoms with E-state index in [1.807, 2.05) is 18.2 Å². The van der Waals surface area contributed by atoms with E-state index in [9.17, 15) is 0 Å². The van der Waals surface area contributed by atoms with Crippen molar-refractivity contribution in [1.82, 2.24) is 15.3 Å². The average Bonchev–Trinajstić information content (AvgIpc) is 3.04. The molecule has 2 N–H and O–H groups in total. The Hall–Kier alpha value is -1.55. The Morgan fingerprint density at radius 2 is 2.38 bits per heavy atom. The van der Waals surface area contributed by atoms with E-state index < -0.39 is 0 Å². The number of nitrogens with zero attached hydrogens (tertiary/aromatic N) is 1. The van der Waals surface area contributed by atoms with Crippen molar-refractivity contribution in [2.75, 3.05) is 7.11 Å². The fourth-order valence-electron chi connectivity index (χ4n) is 1.83. The third-order valence-corrected chi connectivity index (χ3v) is 2.88. The maximum Gasteiger partial charge on any atom is 0.146 e. The van der Waals surface area contributed by atoms with Gasteiger partial charge in [-0.05, 0) is 25.0 Å². The second-order valence-corrected chi connectivity index (χ2v) is 4.20. The topological polar surface area (TPSA) is 49.9 Å². The normalized spacial score (nSPS) is 15.6. The highest BCUT2D eigenvalue weighted by atomic mass is 16.5. The van der Waals surface area contributed by atoms with Gasteiger partial charge in [0, 0.05) is 6.04 Å². The van der Waals surface area contributed by atoms with Crippen molar-refractivity contribution >= 4 is 11.0 Å². The number of hydrogen-bond donors (Lipinski definition) is 2. The number of fused-ring (bicyclic) bond motifs is 1. The molecule has 84 valence electrons. The summed E-state index contributed by atoms with van der Waals surface area (Å²) in [6.07, 6.45) is 2.59. The van der Waals surface area contributed by atoms with Gasteiger partial charge in [0.25, 0.3) is 0 Å². The van der Waals surface area contributed by atoms with Crippen LogP contribution in [0.5, 0.6) is 5.75 Å². The molecular weight excluding hydrogens is 202 g/mol. The van der Waals surface area contributed by atoms with E-state index in [2.05, 4.69) is 15.3 Å². The van der Waals surface area contributed by atoms with E-state index in [0.29, 0.717) is 6.04 Å². The van der Waals surface area contributed by atoms with Gasteiger partial charge in [0.2, 0.25) is 0 Å². The molecule has 2 aromatic rings. The SMILES string of the molecule is COc1cccc2[nH]c(CNC3CC3)nc12. The molecule has 1 saturated carbocycles. The number of methoxy groups -OCH3 is 1. The Balaban J connectivity index is 1.88. The van der Waals surface area contributed by atoms with Gasteiger partial charge in [-0.2, -0.15) is 0 Å². The minimum Gasteiger partial charge on any atom is -0.494 e. The molecule has 4 heteroatoms. The molecule has 0 unspecified atom stereocenters. The summed E-state index contributed by atoms with van der Waals surface area (Å²) in [5, 5.41) is 3.44. The zero-order chi connectivity index (χ0) is 11.0. The Morgan fingerprint density at radius 1 is 1.50 bits per heavy atom. The number of nitrogens with one attached hydrogen (secondary N) is 2. The number of rotatable bonds is 4. The lowest BCUT2D eigenvalue weighted by atomic mass is 10.3. The first-order valence-corrected chi connectivity index (χ1v) is 5.62. The van der Waals surface area contributed by atoms with Gasteiger partial charge < -0.3 is 15.0 Å². The standard InChI is InChI=1S/C12H15N3O/c1-16-10-4-2-3-9-12(10)15-11(14-9)7-13-8-5-6-8/h2-4,8,13H,5-7H2,1H3,(H,14,15). The summed E-state index contributed by atoms with van der Waals surface area (Å²) < 4.78 is 5.28. The number of aromatic nitrogens is 2. The Bertz CT molecular complexity index is 502. The van der Waals surface area contributed by atoms with Crippen molar-refractivity contribution < 1.29 is 4.74 Å². The molecule has 1 aromatic carbocycles. The first-order chi connectivity index (χ1) is 7.86. The van der Waals surface area contributed by atoms with Crippen LogP contribution in [-0.4, -0.2) is 23.1 Å². The second-order valence-electron chi connectivity index (χ2n) is 4.20. The van der Waals surface area contributed by atoms with Crippen molar-refractivity contribution in [3.05, 3.63) is 24.0 Å². The largest absolute Gasteiger partial charge is 0.494 e. The van der Waals surface area contributed by atoms with Crippen LogP contribution in [0.1, 0.15) is 18.7 Å². The predicted molar refractivity (Wildman–Crippen MR) is 62.5 cm³/mol. The maximum atomic E-state index is 5.28. The lowest BCUT2D eigenvalue weighted by molar-refractivity contribution is 0.419. The van der Waals surface area contributed by atoms with Crippen molar-refractivity contribution in [2.24, 2.45) is 0 Å². The molecule has 1 aliphatic carbocycles. The third-order valence-electron chi connectivity index (χ3n) is 2.88. The molecule has 1 heterocycles. The monoisotopic (exact) mass is 217 g/mol. The van der Waals surface area contributed by atoms with E-state index in [4.69, 9.17) is 4.74 Å². The van der Waals surface area contributed by atoms with Crippen molar-refractivity contribution in [1.29, 1.82) is 0 Å². The van der Waals surface area contributed by atoms with Crippen LogP contribution in [0.15, 0.2) is 18.2 Å². The van der Waals surface area contributed by atoms with Crippen LogP contribution < -0.4 is 10.1 Å². The Labute approximate surface area is 94.0 Å². The minimum absolute atomic E-state index is 0.704. The summed E-state index contributed by atoms with van der Waals surface area (Å²) in [7, 11) is 1.67. The lowest BCUT2D eigenvalue weighted by Crippen LogP contribution is -2.16. The molecular formula is C12H15N3O. The molecule has 16 heavy (non-hydrogen) atoms. The summed E-state index contributed by atoms with van der Waals surface area (Å²) in [5.74, 6) is 1.80. The van der Waals surface area contributed by atoms with E-state index in [1.54, 1.807) is 7.11 Å². The van der Waals surface area contributed by atoms with Crippen LogP contribution in [0.3, 0.4) is 0 Å². The van der Waals surface area contributed by atoms with E-state index >= 15 is 0 Å². The number of benzene rings is 1.